The van der Waals surface area contributed by atoms with Gasteiger partial charge in [0.25, 0.3) is 5.91 Å². The van der Waals surface area contributed by atoms with Crippen LogP contribution in [0.25, 0.3) is 10.8 Å². The van der Waals surface area contributed by atoms with Crippen LogP contribution in [0.15, 0.2) is 42.5 Å². The first-order valence-electron chi connectivity index (χ1n) is 7.30. The number of hydrogen-bond donors (Lipinski definition) is 1. The molecule has 1 N–H and O–H groups in total. The molecule has 1 amide bonds. The average molecular weight is 285 g/mol. The minimum absolute atomic E-state index is 0.0227. The van der Waals surface area contributed by atoms with Gasteiger partial charge in [-0.3, -0.25) is 4.79 Å². The van der Waals surface area contributed by atoms with Crippen molar-refractivity contribution in [3.05, 3.63) is 42.5 Å². The van der Waals surface area contributed by atoms with Gasteiger partial charge in [-0.1, -0.05) is 30.3 Å². The third-order valence-corrected chi connectivity index (χ3v) is 3.99. The summed E-state index contributed by atoms with van der Waals surface area (Å²) in [6.07, 6.45) is 1.82. The van der Waals surface area contributed by atoms with Crippen molar-refractivity contribution in [1.82, 2.24) is 4.90 Å². The zero-order chi connectivity index (χ0) is 14.7. The van der Waals surface area contributed by atoms with E-state index < -0.39 is 0 Å². The minimum Gasteiger partial charge on any atom is -0.484 e. The maximum absolute atomic E-state index is 12.1. The molecule has 0 radical (unpaired) electrons. The largest absolute Gasteiger partial charge is 0.484 e. The summed E-state index contributed by atoms with van der Waals surface area (Å²) in [5.74, 6) is 0.640. The molecule has 2 aromatic rings. The Hall–Kier alpha value is -2.07. The number of fused-ring (bicyclic) bond motifs is 1. The van der Waals surface area contributed by atoms with E-state index in [0.717, 1.165) is 23.6 Å². The van der Waals surface area contributed by atoms with Crippen molar-refractivity contribution in [2.75, 3.05) is 19.8 Å². The highest BCUT2D eigenvalue weighted by atomic mass is 16.5. The number of hydrogen-bond acceptors (Lipinski definition) is 3. The Morgan fingerprint density at radius 3 is 2.86 bits per heavy atom. The Bertz CT molecular complexity index is 641. The molecule has 1 atom stereocenters. The number of carbonyl (C=O) groups is 1. The molecule has 4 heteroatoms. The Labute approximate surface area is 123 Å². The summed E-state index contributed by atoms with van der Waals surface area (Å²) in [5.41, 5.74) is 0. The summed E-state index contributed by atoms with van der Waals surface area (Å²) in [6, 6.07) is 13.8. The normalized spacial score (nSPS) is 18.1. The first kappa shape index (κ1) is 13.9. The van der Waals surface area contributed by atoms with Crippen LogP contribution in [0.5, 0.6) is 5.75 Å². The van der Waals surface area contributed by atoms with Gasteiger partial charge in [0.2, 0.25) is 0 Å². The molecule has 0 spiro atoms. The SMILES string of the molecule is O=C(COc1ccc2ccccc2c1)N1CCC[C@@H]1CO. The van der Waals surface area contributed by atoms with E-state index in [9.17, 15) is 9.90 Å². The zero-order valence-electron chi connectivity index (χ0n) is 11.9. The van der Waals surface area contributed by atoms with E-state index >= 15 is 0 Å². The first-order chi connectivity index (χ1) is 10.3. The second kappa shape index (κ2) is 6.14. The maximum Gasteiger partial charge on any atom is 0.260 e. The molecule has 1 aliphatic heterocycles. The predicted molar refractivity (Wildman–Crippen MR) is 81.3 cm³/mol. The monoisotopic (exact) mass is 285 g/mol. The van der Waals surface area contributed by atoms with Crippen LogP contribution in [0.3, 0.4) is 0 Å². The molecule has 0 aliphatic carbocycles. The Morgan fingerprint density at radius 2 is 2.05 bits per heavy atom. The molecule has 21 heavy (non-hydrogen) atoms. The first-order valence-corrected chi connectivity index (χ1v) is 7.30. The third kappa shape index (κ3) is 3.00. The summed E-state index contributed by atoms with van der Waals surface area (Å²) >= 11 is 0. The number of aliphatic hydroxyl groups excluding tert-OH is 1. The van der Waals surface area contributed by atoms with Crippen molar-refractivity contribution < 1.29 is 14.6 Å². The molecule has 0 saturated carbocycles. The van der Waals surface area contributed by atoms with Gasteiger partial charge >= 0.3 is 0 Å². The van der Waals surface area contributed by atoms with Gasteiger partial charge in [0.15, 0.2) is 6.61 Å². The quantitative estimate of drug-likeness (QED) is 0.937. The number of rotatable bonds is 4. The van der Waals surface area contributed by atoms with Crippen LogP contribution >= 0.6 is 0 Å². The van der Waals surface area contributed by atoms with Gasteiger partial charge in [-0.15, -0.1) is 0 Å². The van der Waals surface area contributed by atoms with Gasteiger partial charge in [0.05, 0.1) is 12.6 Å². The lowest BCUT2D eigenvalue weighted by Crippen LogP contribution is -2.40. The molecule has 1 aliphatic rings. The van der Waals surface area contributed by atoms with Crippen molar-refractivity contribution in [3.63, 3.8) is 0 Å². The van der Waals surface area contributed by atoms with Gasteiger partial charge in [0, 0.05) is 6.54 Å². The van der Waals surface area contributed by atoms with Crippen molar-refractivity contribution in [1.29, 1.82) is 0 Å². The van der Waals surface area contributed by atoms with Crippen molar-refractivity contribution >= 4 is 16.7 Å². The van der Waals surface area contributed by atoms with Crippen LogP contribution in [0.4, 0.5) is 0 Å². The van der Waals surface area contributed by atoms with E-state index in [1.54, 1.807) is 4.90 Å². The highest BCUT2D eigenvalue weighted by Gasteiger charge is 2.28. The van der Waals surface area contributed by atoms with Gasteiger partial charge in [-0.25, -0.2) is 0 Å². The smallest absolute Gasteiger partial charge is 0.260 e. The molecule has 1 fully saturated rings. The van der Waals surface area contributed by atoms with E-state index in [-0.39, 0.29) is 25.2 Å². The topological polar surface area (TPSA) is 49.8 Å². The van der Waals surface area contributed by atoms with Crippen molar-refractivity contribution in [3.8, 4) is 5.75 Å². The van der Waals surface area contributed by atoms with Crippen molar-refractivity contribution in [2.45, 2.75) is 18.9 Å². The standard InChI is InChI=1S/C17H19NO3/c19-11-15-6-3-9-18(15)17(20)12-21-16-8-7-13-4-1-2-5-14(13)10-16/h1-2,4-5,7-8,10,15,19H,3,6,9,11-12H2/t15-/m1/s1. The van der Waals surface area contributed by atoms with E-state index in [4.69, 9.17) is 4.74 Å². The maximum atomic E-state index is 12.1. The van der Waals surface area contributed by atoms with Gasteiger partial charge in [-0.05, 0) is 35.7 Å². The molecule has 110 valence electrons. The van der Waals surface area contributed by atoms with Crippen molar-refractivity contribution in [2.24, 2.45) is 0 Å². The van der Waals surface area contributed by atoms with Crippen LogP contribution in [-0.2, 0) is 4.79 Å². The predicted octanol–water partition coefficient (Wildman–Crippen LogP) is 2.20. The number of ether oxygens (including phenoxy) is 1. The highest BCUT2D eigenvalue weighted by Crippen LogP contribution is 2.21. The van der Waals surface area contributed by atoms with E-state index in [1.807, 2.05) is 42.5 Å². The lowest BCUT2D eigenvalue weighted by molar-refractivity contribution is -0.134. The van der Waals surface area contributed by atoms with Crippen LogP contribution in [0, 0.1) is 0 Å². The third-order valence-electron chi connectivity index (χ3n) is 3.99. The van der Waals surface area contributed by atoms with Crippen LogP contribution < -0.4 is 4.74 Å². The number of carbonyl (C=O) groups excluding carboxylic acids is 1. The Balaban J connectivity index is 1.64. The number of aliphatic hydroxyl groups is 1. The van der Waals surface area contributed by atoms with Crippen LogP contribution in [0.1, 0.15) is 12.8 Å². The Kier molecular flexibility index (Phi) is 4.06. The molecule has 0 bridgehead atoms. The second-order valence-corrected chi connectivity index (χ2v) is 5.36. The molecular formula is C17H19NO3. The molecule has 1 saturated heterocycles. The van der Waals surface area contributed by atoms with E-state index in [2.05, 4.69) is 0 Å². The second-order valence-electron chi connectivity index (χ2n) is 5.36. The Morgan fingerprint density at radius 1 is 1.24 bits per heavy atom. The molecule has 2 aromatic carbocycles. The minimum atomic E-state index is -0.0558. The lowest BCUT2D eigenvalue weighted by atomic mass is 10.1. The fourth-order valence-corrected chi connectivity index (χ4v) is 2.84. The van der Waals surface area contributed by atoms with Gasteiger partial charge in [0.1, 0.15) is 5.75 Å². The average Bonchev–Trinajstić information content (AvgIpc) is 3.01. The number of nitrogens with zero attached hydrogens (tertiary/aromatic N) is 1. The fraction of sp³-hybridized carbons (Fsp3) is 0.353. The molecule has 0 aromatic heterocycles. The molecule has 0 unspecified atom stereocenters. The molecule has 1 heterocycles. The summed E-state index contributed by atoms with van der Waals surface area (Å²) < 4.78 is 5.61. The summed E-state index contributed by atoms with van der Waals surface area (Å²) in [5, 5.41) is 11.5. The molecule has 3 rings (SSSR count). The van der Waals surface area contributed by atoms with Gasteiger partial charge in [-0.2, -0.15) is 0 Å². The molecule has 4 nitrogen and oxygen atoms in total. The fourth-order valence-electron chi connectivity index (χ4n) is 2.84. The summed E-state index contributed by atoms with van der Waals surface area (Å²) in [7, 11) is 0. The molecular weight excluding hydrogens is 266 g/mol. The number of likely N-dealkylation sites (tertiary alicyclic amines) is 1. The number of benzene rings is 2. The van der Waals surface area contributed by atoms with Crippen LogP contribution in [-0.4, -0.2) is 41.7 Å². The van der Waals surface area contributed by atoms with Gasteiger partial charge < -0.3 is 14.7 Å². The highest BCUT2D eigenvalue weighted by molar-refractivity contribution is 5.84. The summed E-state index contributed by atoms with van der Waals surface area (Å²) in [4.78, 5) is 13.9. The lowest BCUT2D eigenvalue weighted by Gasteiger charge is -2.23. The summed E-state index contributed by atoms with van der Waals surface area (Å²) in [6.45, 7) is 0.766. The van der Waals surface area contributed by atoms with E-state index in [1.165, 1.54) is 0 Å². The number of amides is 1. The van der Waals surface area contributed by atoms with E-state index in [0.29, 0.717) is 12.3 Å². The zero-order valence-corrected chi connectivity index (χ0v) is 11.9. The van der Waals surface area contributed by atoms with Crippen LogP contribution in [0.2, 0.25) is 0 Å².